The fourth-order valence-electron chi connectivity index (χ4n) is 1.65. The molecule has 2 atom stereocenters. The number of aliphatic hydroxyl groups excluding tert-OH is 1. The van der Waals surface area contributed by atoms with Crippen molar-refractivity contribution in [2.75, 3.05) is 20.2 Å². The number of likely N-dealkylation sites (N-methyl/N-ethyl adjacent to an activating group) is 1. The van der Waals surface area contributed by atoms with Crippen LogP contribution in [0.5, 0.6) is 0 Å². The lowest BCUT2D eigenvalue weighted by Gasteiger charge is -2.20. The Morgan fingerprint density at radius 2 is 2.43 bits per heavy atom. The largest absolute Gasteiger partial charge is 0.392 e. The first-order chi connectivity index (χ1) is 6.59. The zero-order valence-electron chi connectivity index (χ0n) is 8.90. The van der Waals surface area contributed by atoms with E-state index in [0.29, 0.717) is 13.0 Å². The molecule has 0 aromatic heterocycles. The maximum absolute atomic E-state index is 11.6. The highest BCUT2D eigenvalue weighted by Crippen LogP contribution is 2.15. The molecule has 1 aliphatic heterocycles. The molecule has 2 unspecified atom stereocenters. The van der Waals surface area contributed by atoms with Gasteiger partial charge >= 0.3 is 0 Å². The highest BCUT2D eigenvalue weighted by Gasteiger charge is 2.21. The summed E-state index contributed by atoms with van der Waals surface area (Å²) in [5.41, 5.74) is 0. The molecule has 0 bridgehead atoms. The van der Waals surface area contributed by atoms with Gasteiger partial charge in [-0.3, -0.25) is 4.79 Å². The molecule has 0 spiro atoms. The molecule has 82 valence electrons. The molecule has 1 aliphatic rings. The van der Waals surface area contributed by atoms with Gasteiger partial charge in [-0.2, -0.15) is 0 Å². The van der Waals surface area contributed by atoms with Gasteiger partial charge in [-0.15, -0.1) is 0 Å². The highest BCUT2D eigenvalue weighted by molar-refractivity contribution is 5.76. The van der Waals surface area contributed by atoms with Crippen LogP contribution in [0.15, 0.2) is 0 Å². The summed E-state index contributed by atoms with van der Waals surface area (Å²) in [5, 5.41) is 9.11. The Morgan fingerprint density at radius 3 is 2.93 bits per heavy atom. The van der Waals surface area contributed by atoms with E-state index in [4.69, 9.17) is 9.84 Å². The Kier molecular flexibility index (Phi) is 4.35. The van der Waals surface area contributed by atoms with Crippen molar-refractivity contribution >= 4 is 5.91 Å². The zero-order valence-corrected chi connectivity index (χ0v) is 8.90. The number of amides is 1. The standard InChI is InChI=1S/C10H19NO3/c1-8(12)7-11(2)10(13)6-9-4-3-5-14-9/h8-9,12H,3-7H2,1-2H3. The van der Waals surface area contributed by atoms with E-state index in [2.05, 4.69) is 0 Å². The van der Waals surface area contributed by atoms with E-state index in [9.17, 15) is 4.79 Å². The van der Waals surface area contributed by atoms with Gasteiger partial charge in [0.05, 0.1) is 18.6 Å². The average molecular weight is 201 g/mol. The van der Waals surface area contributed by atoms with Crippen LogP contribution in [0.1, 0.15) is 26.2 Å². The van der Waals surface area contributed by atoms with Gasteiger partial charge in [0.15, 0.2) is 0 Å². The van der Waals surface area contributed by atoms with E-state index >= 15 is 0 Å². The van der Waals surface area contributed by atoms with Crippen molar-refractivity contribution < 1.29 is 14.6 Å². The van der Waals surface area contributed by atoms with E-state index < -0.39 is 6.10 Å². The summed E-state index contributed by atoms with van der Waals surface area (Å²) in [6.07, 6.45) is 2.11. The summed E-state index contributed by atoms with van der Waals surface area (Å²) >= 11 is 0. The van der Waals surface area contributed by atoms with Gasteiger partial charge in [0.2, 0.25) is 5.91 Å². The first-order valence-electron chi connectivity index (χ1n) is 5.13. The van der Waals surface area contributed by atoms with Crippen molar-refractivity contribution in [1.82, 2.24) is 4.90 Å². The van der Waals surface area contributed by atoms with Gasteiger partial charge < -0.3 is 14.7 Å². The summed E-state index contributed by atoms with van der Waals surface area (Å²) in [6.45, 7) is 2.85. The number of carbonyl (C=O) groups excluding carboxylic acids is 1. The number of rotatable bonds is 4. The minimum atomic E-state index is -0.464. The molecular formula is C10H19NO3. The summed E-state index contributed by atoms with van der Waals surface area (Å²) < 4.78 is 5.37. The lowest BCUT2D eigenvalue weighted by molar-refractivity contribution is -0.133. The second kappa shape index (κ2) is 5.32. The van der Waals surface area contributed by atoms with Crippen LogP contribution >= 0.6 is 0 Å². The molecule has 0 aromatic carbocycles. The molecule has 1 heterocycles. The molecule has 1 fully saturated rings. The first kappa shape index (κ1) is 11.5. The molecule has 14 heavy (non-hydrogen) atoms. The Hall–Kier alpha value is -0.610. The SMILES string of the molecule is CC(O)CN(C)C(=O)CC1CCCO1. The number of hydrogen-bond donors (Lipinski definition) is 1. The van der Waals surface area contributed by atoms with E-state index in [1.54, 1.807) is 18.9 Å². The van der Waals surface area contributed by atoms with Crippen molar-refractivity contribution in [3.8, 4) is 0 Å². The van der Waals surface area contributed by atoms with Crippen molar-refractivity contribution in [2.45, 2.75) is 38.4 Å². The van der Waals surface area contributed by atoms with E-state index in [0.717, 1.165) is 19.4 Å². The minimum Gasteiger partial charge on any atom is -0.392 e. The van der Waals surface area contributed by atoms with Crippen LogP contribution in [0.2, 0.25) is 0 Å². The zero-order chi connectivity index (χ0) is 10.6. The van der Waals surface area contributed by atoms with Crippen molar-refractivity contribution in [1.29, 1.82) is 0 Å². The number of hydrogen-bond acceptors (Lipinski definition) is 3. The van der Waals surface area contributed by atoms with Crippen LogP contribution in [0.3, 0.4) is 0 Å². The molecule has 4 nitrogen and oxygen atoms in total. The van der Waals surface area contributed by atoms with E-state index in [-0.39, 0.29) is 12.0 Å². The predicted molar refractivity (Wildman–Crippen MR) is 52.9 cm³/mol. The molecule has 1 saturated heterocycles. The maximum Gasteiger partial charge on any atom is 0.225 e. The first-order valence-corrected chi connectivity index (χ1v) is 5.13. The molecule has 0 saturated carbocycles. The fourth-order valence-corrected chi connectivity index (χ4v) is 1.65. The number of carbonyl (C=O) groups is 1. The Morgan fingerprint density at radius 1 is 1.71 bits per heavy atom. The third-order valence-electron chi connectivity index (χ3n) is 2.39. The van der Waals surface area contributed by atoms with Crippen molar-refractivity contribution in [2.24, 2.45) is 0 Å². The summed E-state index contributed by atoms with van der Waals surface area (Å²) in [7, 11) is 1.71. The normalized spacial score (nSPS) is 23.5. The van der Waals surface area contributed by atoms with Gasteiger partial charge in [-0.05, 0) is 19.8 Å². The van der Waals surface area contributed by atoms with Gasteiger partial charge in [-0.25, -0.2) is 0 Å². The molecule has 1 N–H and O–H groups in total. The molecule has 0 aliphatic carbocycles. The van der Waals surface area contributed by atoms with E-state index in [1.165, 1.54) is 0 Å². The maximum atomic E-state index is 11.6. The number of nitrogens with zero attached hydrogens (tertiary/aromatic N) is 1. The summed E-state index contributed by atoms with van der Waals surface area (Å²) in [6, 6.07) is 0. The summed E-state index contributed by atoms with van der Waals surface area (Å²) in [5.74, 6) is 0.0535. The third-order valence-corrected chi connectivity index (χ3v) is 2.39. The van der Waals surface area contributed by atoms with Crippen LogP contribution in [-0.2, 0) is 9.53 Å². The topological polar surface area (TPSA) is 49.8 Å². The second-order valence-corrected chi connectivity index (χ2v) is 3.96. The van der Waals surface area contributed by atoms with Crippen molar-refractivity contribution in [3.63, 3.8) is 0 Å². The van der Waals surface area contributed by atoms with Crippen molar-refractivity contribution in [3.05, 3.63) is 0 Å². The molecule has 1 amide bonds. The number of ether oxygens (including phenoxy) is 1. The Labute approximate surface area is 84.8 Å². The van der Waals surface area contributed by atoms with Crippen LogP contribution < -0.4 is 0 Å². The molecule has 0 radical (unpaired) electrons. The Balaban J connectivity index is 2.25. The van der Waals surface area contributed by atoms with Crippen LogP contribution in [0.4, 0.5) is 0 Å². The van der Waals surface area contributed by atoms with Crippen LogP contribution in [-0.4, -0.2) is 48.3 Å². The smallest absolute Gasteiger partial charge is 0.225 e. The predicted octanol–water partition coefficient (Wildman–Crippen LogP) is 0.395. The molecule has 1 rings (SSSR count). The summed E-state index contributed by atoms with van der Waals surface area (Å²) in [4.78, 5) is 13.1. The lowest BCUT2D eigenvalue weighted by Crippen LogP contribution is -2.34. The monoisotopic (exact) mass is 201 g/mol. The van der Waals surface area contributed by atoms with E-state index in [1.807, 2.05) is 0 Å². The number of aliphatic hydroxyl groups is 1. The average Bonchev–Trinajstić information content (AvgIpc) is 2.55. The van der Waals surface area contributed by atoms with Crippen LogP contribution in [0.25, 0.3) is 0 Å². The quantitative estimate of drug-likeness (QED) is 0.716. The fraction of sp³-hybridized carbons (Fsp3) is 0.900. The molecule has 0 aromatic rings. The van der Waals surface area contributed by atoms with Gasteiger partial charge in [0.25, 0.3) is 0 Å². The highest BCUT2D eigenvalue weighted by atomic mass is 16.5. The Bertz CT molecular complexity index is 188. The van der Waals surface area contributed by atoms with Gasteiger partial charge in [0, 0.05) is 20.2 Å². The second-order valence-electron chi connectivity index (χ2n) is 3.96. The minimum absolute atomic E-state index is 0.0535. The molecular weight excluding hydrogens is 182 g/mol. The van der Waals surface area contributed by atoms with Gasteiger partial charge in [0.1, 0.15) is 0 Å². The van der Waals surface area contributed by atoms with Crippen LogP contribution in [0, 0.1) is 0 Å². The third kappa shape index (κ3) is 3.64. The van der Waals surface area contributed by atoms with Gasteiger partial charge in [-0.1, -0.05) is 0 Å². The lowest BCUT2D eigenvalue weighted by atomic mass is 10.1. The molecule has 4 heteroatoms.